The first-order valence-electron chi connectivity index (χ1n) is 9.08. The first-order valence-corrected chi connectivity index (χ1v) is 9.90. The smallest absolute Gasteiger partial charge is 0.231 e. The minimum absolute atomic E-state index is 0.0794. The van der Waals surface area contributed by atoms with Gasteiger partial charge in [0.2, 0.25) is 11.8 Å². The Morgan fingerprint density at radius 3 is 2.86 bits per heavy atom. The van der Waals surface area contributed by atoms with Crippen LogP contribution in [-0.2, 0) is 9.59 Å². The Morgan fingerprint density at radius 2 is 2.11 bits per heavy atom. The number of nitrogens with one attached hydrogen (secondary N) is 1. The Hall–Kier alpha value is -2.93. The Kier molecular flexibility index (Phi) is 4.77. The number of carbonyl (C=O) groups excluding carboxylic acids is 2. The van der Waals surface area contributed by atoms with Gasteiger partial charge in [-0.05, 0) is 43.2 Å². The number of anilines is 2. The summed E-state index contributed by atoms with van der Waals surface area (Å²) in [5, 5.41) is 3.45. The summed E-state index contributed by atoms with van der Waals surface area (Å²) in [5.74, 6) is -0.0594. The molecule has 0 spiro atoms. The van der Waals surface area contributed by atoms with Gasteiger partial charge in [-0.1, -0.05) is 29.5 Å². The van der Waals surface area contributed by atoms with Gasteiger partial charge < -0.3 is 15.0 Å². The standard InChI is InChI=1S/C21H21N3O3S/c1-12-7-8-16(27-3)15(9-12)24-11-14(10-18(24)25)20(26)23-21-22-19-13(2)5-4-6-17(19)28-21/h4-9,14H,10-11H2,1-3H3,(H,22,23,26). The molecule has 1 N–H and O–H groups in total. The van der Waals surface area contributed by atoms with Gasteiger partial charge in [0.25, 0.3) is 0 Å². The van der Waals surface area contributed by atoms with Crippen molar-refractivity contribution in [2.24, 2.45) is 5.92 Å². The van der Waals surface area contributed by atoms with Crippen LogP contribution in [0, 0.1) is 19.8 Å². The largest absolute Gasteiger partial charge is 0.495 e. The van der Waals surface area contributed by atoms with E-state index in [1.807, 2.05) is 50.2 Å². The summed E-state index contributed by atoms with van der Waals surface area (Å²) in [6.45, 7) is 4.29. The SMILES string of the molecule is COc1ccc(C)cc1N1CC(C(=O)Nc2nc3c(C)cccc3s2)CC1=O. The maximum atomic E-state index is 12.8. The fourth-order valence-corrected chi connectivity index (χ4v) is 4.42. The zero-order chi connectivity index (χ0) is 19.8. The highest BCUT2D eigenvalue weighted by Gasteiger charge is 2.36. The van der Waals surface area contributed by atoms with Crippen LogP contribution >= 0.6 is 11.3 Å². The van der Waals surface area contributed by atoms with Crippen molar-refractivity contribution in [3.05, 3.63) is 47.5 Å². The Balaban J connectivity index is 1.52. The number of hydrogen-bond acceptors (Lipinski definition) is 5. The van der Waals surface area contributed by atoms with Crippen LogP contribution in [0.1, 0.15) is 17.5 Å². The summed E-state index contributed by atoms with van der Waals surface area (Å²) in [5.41, 5.74) is 3.71. The van der Waals surface area contributed by atoms with Gasteiger partial charge in [0.1, 0.15) is 5.75 Å². The number of nitrogens with zero attached hydrogens (tertiary/aromatic N) is 2. The van der Waals surface area contributed by atoms with E-state index in [-0.39, 0.29) is 18.2 Å². The summed E-state index contributed by atoms with van der Waals surface area (Å²) in [6.07, 6.45) is 0.173. The summed E-state index contributed by atoms with van der Waals surface area (Å²) >= 11 is 1.44. The number of carbonyl (C=O) groups is 2. The van der Waals surface area contributed by atoms with Crippen LogP contribution in [0.25, 0.3) is 10.2 Å². The summed E-state index contributed by atoms with van der Waals surface area (Å²) in [7, 11) is 1.58. The molecule has 4 rings (SSSR count). The fourth-order valence-electron chi connectivity index (χ4n) is 3.47. The molecule has 1 aliphatic rings. The number of aromatic nitrogens is 1. The molecule has 6 nitrogen and oxygen atoms in total. The molecule has 1 unspecified atom stereocenters. The number of thiazole rings is 1. The molecule has 0 saturated carbocycles. The topological polar surface area (TPSA) is 71.5 Å². The molecule has 0 radical (unpaired) electrons. The number of amides is 2. The van der Waals surface area contributed by atoms with E-state index < -0.39 is 5.92 Å². The summed E-state index contributed by atoms with van der Waals surface area (Å²) in [4.78, 5) is 31.5. The van der Waals surface area contributed by atoms with Gasteiger partial charge >= 0.3 is 0 Å². The van der Waals surface area contributed by atoms with Gasteiger partial charge in [-0.2, -0.15) is 0 Å². The number of ether oxygens (including phenoxy) is 1. The van der Waals surface area contributed by atoms with Gasteiger partial charge in [0, 0.05) is 13.0 Å². The van der Waals surface area contributed by atoms with Crippen LogP contribution in [0.2, 0.25) is 0 Å². The normalized spacial score (nSPS) is 16.6. The van der Waals surface area contributed by atoms with E-state index in [1.54, 1.807) is 12.0 Å². The molecule has 144 valence electrons. The minimum atomic E-state index is -0.425. The van der Waals surface area contributed by atoms with Crippen LogP contribution in [0.4, 0.5) is 10.8 Å². The van der Waals surface area contributed by atoms with Crippen molar-refractivity contribution in [3.8, 4) is 5.75 Å². The number of aryl methyl sites for hydroxylation is 2. The van der Waals surface area contributed by atoms with Crippen LogP contribution < -0.4 is 15.0 Å². The zero-order valence-corrected chi connectivity index (χ0v) is 16.8. The molecule has 0 aliphatic carbocycles. The molecular formula is C21H21N3O3S. The average molecular weight is 395 g/mol. The average Bonchev–Trinajstić information content (AvgIpc) is 3.25. The Bertz CT molecular complexity index is 1080. The molecule has 28 heavy (non-hydrogen) atoms. The van der Waals surface area contributed by atoms with Crippen molar-refractivity contribution in [3.63, 3.8) is 0 Å². The van der Waals surface area contributed by atoms with Crippen LogP contribution in [0.15, 0.2) is 36.4 Å². The molecule has 1 aliphatic heterocycles. The van der Waals surface area contributed by atoms with Gasteiger partial charge in [-0.15, -0.1) is 0 Å². The van der Waals surface area contributed by atoms with Crippen LogP contribution in [0.3, 0.4) is 0 Å². The lowest BCUT2D eigenvalue weighted by Gasteiger charge is -2.20. The van der Waals surface area contributed by atoms with Crippen molar-refractivity contribution in [1.29, 1.82) is 0 Å². The van der Waals surface area contributed by atoms with Crippen molar-refractivity contribution >= 4 is 44.2 Å². The summed E-state index contributed by atoms with van der Waals surface area (Å²) < 4.78 is 6.43. The highest BCUT2D eigenvalue weighted by molar-refractivity contribution is 7.22. The van der Waals surface area contributed by atoms with E-state index in [0.29, 0.717) is 23.1 Å². The molecule has 2 aromatic carbocycles. The number of hydrogen-bond donors (Lipinski definition) is 1. The molecule has 1 atom stereocenters. The molecule has 0 bridgehead atoms. The van der Waals surface area contributed by atoms with Crippen LogP contribution in [-0.4, -0.2) is 30.5 Å². The van der Waals surface area contributed by atoms with Gasteiger partial charge in [0.15, 0.2) is 5.13 Å². The van der Waals surface area contributed by atoms with E-state index in [0.717, 1.165) is 21.3 Å². The lowest BCUT2D eigenvalue weighted by molar-refractivity contribution is -0.122. The fraction of sp³-hybridized carbons (Fsp3) is 0.286. The lowest BCUT2D eigenvalue weighted by Crippen LogP contribution is -2.28. The minimum Gasteiger partial charge on any atom is -0.495 e. The monoisotopic (exact) mass is 395 g/mol. The third kappa shape index (κ3) is 3.33. The highest BCUT2D eigenvalue weighted by Crippen LogP contribution is 2.35. The van der Waals surface area contributed by atoms with E-state index in [9.17, 15) is 9.59 Å². The third-order valence-electron chi connectivity index (χ3n) is 4.97. The second-order valence-electron chi connectivity index (χ2n) is 7.01. The Morgan fingerprint density at radius 1 is 1.29 bits per heavy atom. The molecular weight excluding hydrogens is 374 g/mol. The molecule has 2 amide bonds. The maximum Gasteiger partial charge on any atom is 0.231 e. The maximum absolute atomic E-state index is 12.8. The van der Waals surface area contributed by atoms with E-state index in [2.05, 4.69) is 10.3 Å². The first-order chi connectivity index (χ1) is 13.5. The summed E-state index contributed by atoms with van der Waals surface area (Å²) in [6, 6.07) is 11.6. The molecule has 2 heterocycles. The van der Waals surface area contributed by atoms with Gasteiger partial charge in [-0.3, -0.25) is 9.59 Å². The van der Waals surface area contributed by atoms with Crippen molar-refractivity contribution in [2.75, 3.05) is 23.9 Å². The molecule has 1 saturated heterocycles. The zero-order valence-electron chi connectivity index (χ0n) is 16.0. The van der Waals surface area contributed by atoms with Crippen molar-refractivity contribution < 1.29 is 14.3 Å². The van der Waals surface area contributed by atoms with Gasteiger partial charge in [0.05, 0.1) is 28.9 Å². The second kappa shape index (κ2) is 7.24. The first kappa shape index (κ1) is 18.4. The van der Waals surface area contributed by atoms with Gasteiger partial charge in [-0.25, -0.2) is 4.98 Å². The third-order valence-corrected chi connectivity index (χ3v) is 5.91. The second-order valence-corrected chi connectivity index (χ2v) is 8.04. The number of methoxy groups -OCH3 is 1. The number of benzene rings is 2. The highest BCUT2D eigenvalue weighted by atomic mass is 32.1. The van der Waals surface area contributed by atoms with E-state index in [1.165, 1.54) is 11.3 Å². The number of para-hydroxylation sites is 1. The van der Waals surface area contributed by atoms with Crippen LogP contribution in [0.5, 0.6) is 5.75 Å². The Labute approximate surface area is 167 Å². The molecule has 7 heteroatoms. The lowest BCUT2D eigenvalue weighted by atomic mass is 10.1. The number of rotatable bonds is 4. The van der Waals surface area contributed by atoms with Crippen molar-refractivity contribution in [2.45, 2.75) is 20.3 Å². The molecule has 3 aromatic rings. The molecule has 1 aromatic heterocycles. The van der Waals surface area contributed by atoms with Crippen molar-refractivity contribution in [1.82, 2.24) is 4.98 Å². The van der Waals surface area contributed by atoms with E-state index in [4.69, 9.17) is 4.74 Å². The predicted octanol–water partition coefficient (Wildman–Crippen LogP) is 3.91. The number of fused-ring (bicyclic) bond motifs is 1. The quantitative estimate of drug-likeness (QED) is 0.727. The molecule has 1 fully saturated rings. The van der Waals surface area contributed by atoms with E-state index >= 15 is 0 Å². The predicted molar refractivity (Wildman–Crippen MR) is 111 cm³/mol.